The van der Waals surface area contributed by atoms with Gasteiger partial charge < -0.3 is 15.2 Å². The van der Waals surface area contributed by atoms with E-state index in [0.29, 0.717) is 31.1 Å². The molecule has 1 aromatic rings. The van der Waals surface area contributed by atoms with Crippen LogP contribution in [0.1, 0.15) is 11.1 Å². The van der Waals surface area contributed by atoms with Crippen LogP contribution in [0.3, 0.4) is 0 Å². The van der Waals surface area contributed by atoms with Gasteiger partial charge in [0.1, 0.15) is 6.79 Å². The van der Waals surface area contributed by atoms with Crippen LogP contribution in [0.5, 0.6) is 0 Å². The summed E-state index contributed by atoms with van der Waals surface area (Å²) in [4.78, 5) is 0. The summed E-state index contributed by atoms with van der Waals surface area (Å²) in [5.74, 6) is 0. The molecule has 0 bridgehead atoms. The average Bonchev–Trinajstić information content (AvgIpc) is 2.40. The molecule has 116 valence electrons. The zero-order valence-electron chi connectivity index (χ0n) is 12.9. The van der Waals surface area contributed by atoms with Crippen molar-refractivity contribution in [1.29, 1.82) is 5.26 Å². The Morgan fingerprint density at radius 3 is 2.52 bits per heavy atom. The number of nitrogens with two attached hydrogens (primary N) is 1. The van der Waals surface area contributed by atoms with Gasteiger partial charge in [0.2, 0.25) is 0 Å². The smallest absolute Gasteiger partial charge is 0.146 e. The largest absolute Gasteiger partial charge is 0.398 e. The zero-order chi connectivity index (χ0) is 15.9. The van der Waals surface area contributed by atoms with Crippen LogP contribution < -0.4 is 5.73 Å². The lowest BCUT2D eigenvalue weighted by molar-refractivity contribution is -0.0483. The molecular weight excluding hydrogens is 348 g/mol. The third-order valence-electron chi connectivity index (χ3n) is 3.02. The second-order valence-corrected chi connectivity index (χ2v) is 12.6. The minimum absolute atomic E-state index is 0.309. The maximum atomic E-state index is 8.95. The van der Waals surface area contributed by atoms with E-state index < -0.39 is 8.07 Å². The Morgan fingerprint density at radius 1 is 1.24 bits per heavy atom. The van der Waals surface area contributed by atoms with Crippen LogP contribution >= 0.6 is 15.9 Å². The van der Waals surface area contributed by atoms with E-state index in [0.717, 1.165) is 22.7 Å². The number of hydrogen-bond acceptors (Lipinski definition) is 4. The van der Waals surface area contributed by atoms with Crippen LogP contribution in [-0.2, 0) is 15.9 Å². The molecule has 0 amide bonds. The molecule has 21 heavy (non-hydrogen) atoms. The SMILES string of the molecule is C[Si](C)(C)CCOCOCCc1cc(C#N)cc(Br)c1N. The molecular formula is C15H23BrN2O2Si. The van der Waals surface area contributed by atoms with Crippen LogP contribution in [0.4, 0.5) is 5.69 Å². The second kappa shape index (κ2) is 8.54. The van der Waals surface area contributed by atoms with Gasteiger partial charge in [-0.1, -0.05) is 19.6 Å². The molecule has 1 aromatic carbocycles. The van der Waals surface area contributed by atoms with E-state index in [-0.39, 0.29) is 0 Å². The number of ether oxygens (including phenoxy) is 2. The molecule has 0 heterocycles. The van der Waals surface area contributed by atoms with Crippen molar-refractivity contribution in [2.75, 3.05) is 25.7 Å². The number of hydrogen-bond donors (Lipinski definition) is 1. The molecule has 0 aliphatic heterocycles. The molecule has 0 aliphatic rings. The van der Waals surface area contributed by atoms with Crippen LogP contribution in [0.15, 0.2) is 16.6 Å². The van der Waals surface area contributed by atoms with Gasteiger partial charge in [0.15, 0.2) is 0 Å². The van der Waals surface area contributed by atoms with Gasteiger partial charge in [0, 0.05) is 24.8 Å². The van der Waals surface area contributed by atoms with Crippen LogP contribution in [-0.4, -0.2) is 28.1 Å². The quantitative estimate of drug-likeness (QED) is 0.327. The lowest BCUT2D eigenvalue weighted by Gasteiger charge is -2.15. The monoisotopic (exact) mass is 370 g/mol. The first-order chi connectivity index (χ1) is 9.83. The maximum absolute atomic E-state index is 8.95. The molecule has 0 saturated heterocycles. The highest BCUT2D eigenvalue weighted by Crippen LogP contribution is 2.25. The van der Waals surface area contributed by atoms with Gasteiger partial charge in [0.05, 0.1) is 18.2 Å². The summed E-state index contributed by atoms with van der Waals surface area (Å²) in [5, 5.41) is 8.95. The topological polar surface area (TPSA) is 68.3 Å². The number of rotatable bonds is 8. The van der Waals surface area contributed by atoms with Gasteiger partial charge >= 0.3 is 0 Å². The van der Waals surface area contributed by atoms with E-state index in [1.807, 2.05) is 0 Å². The minimum atomic E-state index is -1.04. The number of halogens is 1. The van der Waals surface area contributed by atoms with Crippen molar-refractivity contribution in [3.8, 4) is 6.07 Å². The summed E-state index contributed by atoms with van der Waals surface area (Å²) >= 11 is 3.36. The van der Waals surface area contributed by atoms with Crippen molar-refractivity contribution in [3.63, 3.8) is 0 Å². The molecule has 0 atom stereocenters. The summed E-state index contributed by atoms with van der Waals surface area (Å²) in [5.41, 5.74) is 8.16. The summed E-state index contributed by atoms with van der Waals surface area (Å²) in [6, 6.07) is 6.78. The summed E-state index contributed by atoms with van der Waals surface area (Å²) in [7, 11) is -1.04. The normalized spacial score (nSPS) is 11.4. The van der Waals surface area contributed by atoms with Gasteiger partial charge in [0.25, 0.3) is 0 Å². The van der Waals surface area contributed by atoms with E-state index in [9.17, 15) is 0 Å². The Labute approximate surface area is 136 Å². The van der Waals surface area contributed by atoms with Crippen molar-refractivity contribution in [2.45, 2.75) is 32.1 Å². The fourth-order valence-corrected chi connectivity index (χ4v) is 2.94. The van der Waals surface area contributed by atoms with E-state index >= 15 is 0 Å². The first kappa shape index (κ1) is 18.2. The van der Waals surface area contributed by atoms with Crippen LogP contribution in [0.2, 0.25) is 25.7 Å². The third-order valence-corrected chi connectivity index (χ3v) is 5.38. The lowest BCUT2D eigenvalue weighted by atomic mass is 10.1. The Bertz CT molecular complexity index is 510. The van der Waals surface area contributed by atoms with Crippen molar-refractivity contribution >= 4 is 29.7 Å². The summed E-state index contributed by atoms with van der Waals surface area (Å²) in [6.45, 7) is 8.55. The van der Waals surface area contributed by atoms with Gasteiger partial charge in [-0.15, -0.1) is 0 Å². The molecule has 0 spiro atoms. The van der Waals surface area contributed by atoms with E-state index in [1.54, 1.807) is 12.1 Å². The zero-order valence-corrected chi connectivity index (χ0v) is 15.5. The number of nitrogen functional groups attached to an aromatic ring is 1. The Kier molecular flexibility index (Phi) is 7.39. The van der Waals surface area contributed by atoms with Gasteiger partial charge in [-0.05, 0) is 46.1 Å². The molecule has 0 aromatic heterocycles. The van der Waals surface area contributed by atoms with Crippen molar-refractivity contribution in [1.82, 2.24) is 0 Å². The van der Waals surface area contributed by atoms with Crippen molar-refractivity contribution in [2.24, 2.45) is 0 Å². The molecule has 0 radical (unpaired) electrons. The van der Waals surface area contributed by atoms with Crippen molar-refractivity contribution < 1.29 is 9.47 Å². The standard InChI is InChI=1S/C15H23BrN2O2Si/c1-21(2,3)7-6-20-11-19-5-4-13-8-12(10-17)9-14(16)15(13)18/h8-9H,4-7,11,18H2,1-3H3. The lowest BCUT2D eigenvalue weighted by Crippen LogP contribution is -2.22. The van der Waals surface area contributed by atoms with Gasteiger partial charge in [-0.3, -0.25) is 0 Å². The average molecular weight is 371 g/mol. The molecule has 6 heteroatoms. The molecule has 2 N–H and O–H groups in total. The van der Waals surface area contributed by atoms with E-state index in [2.05, 4.69) is 41.6 Å². The fraction of sp³-hybridized carbons (Fsp3) is 0.533. The maximum Gasteiger partial charge on any atom is 0.146 e. The Hall–Kier alpha value is -0.873. The van der Waals surface area contributed by atoms with Gasteiger partial charge in [-0.2, -0.15) is 5.26 Å². The fourth-order valence-electron chi connectivity index (χ4n) is 1.68. The van der Waals surface area contributed by atoms with E-state index in [1.165, 1.54) is 0 Å². The Balaban J connectivity index is 2.31. The molecule has 0 saturated carbocycles. The van der Waals surface area contributed by atoms with Crippen molar-refractivity contribution in [3.05, 3.63) is 27.7 Å². The number of nitrogens with zero attached hydrogens (tertiary/aromatic N) is 1. The number of benzene rings is 1. The summed E-state index contributed by atoms with van der Waals surface area (Å²) in [6.07, 6.45) is 0.664. The molecule has 1 rings (SSSR count). The molecule has 0 aliphatic carbocycles. The highest BCUT2D eigenvalue weighted by Gasteiger charge is 2.12. The third kappa shape index (κ3) is 7.09. The second-order valence-electron chi connectivity index (χ2n) is 6.14. The molecule has 0 fully saturated rings. The van der Waals surface area contributed by atoms with E-state index in [4.69, 9.17) is 20.5 Å². The predicted molar refractivity (Wildman–Crippen MR) is 91.9 cm³/mol. The number of anilines is 1. The summed E-state index contributed by atoms with van der Waals surface area (Å²) < 4.78 is 11.7. The minimum Gasteiger partial charge on any atom is -0.398 e. The Morgan fingerprint density at radius 2 is 1.90 bits per heavy atom. The first-order valence-electron chi connectivity index (χ1n) is 6.97. The molecule has 0 unspecified atom stereocenters. The van der Waals surface area contributed by atoms with Gasteiger partial charge in [-0.25, -0.2) is 0 Å². The highest BCUT2D eigenvalue weighted by atomic mass is 79.9. The molecule has 4 nitrogen and oxygen atoms in total. The predicted octanol–water partition coefficient (Wildman–Crippen LogP) is 3.77. The van der Waals surface area contributed by atoms with Crippen LogP contribution in [0, 0.1) is 11.3 Å². The first-order valence-corrected chi connectivity index (χ1v) is 11.5. The number of nitriles is 1. The highest BCUT2D eigenvalue weighted by molar-refractivity contribution is 9.10. The van der Waals surface area contributed by atoms with Crippen LogP contribution in [0.25, 0.3) is 0 Å².